The number of nitrogens with one attached hydrogen (secondary N) is 1. The van der Waals surface area contributed by atoms with Crippen molar-refractivity contribution in [1.82, 2.24) is 15.6 Å². The number of fused-ring (bicyclic) bond motifs is 1. The predicted molar refractivity (Wildman–Crippen MR) is 79.6 cm³/mol. The van der Waals surface area contributed by atoms with Crippen molar-refractivity contribution in [3.8, 4) is 5.88 Å². The summed E-state index contributed by atoms with van der Waals surface area (Å²) in [5.41, 5.74) is 4.67. The van der Waals surface area contributed by atoms with Gasteiger partial charge in [0.25, 0.3) is 0 Å². The van der Waals surface area contributed by atoms with Crippen LogP contribution < -0.4 is 16.0 Å². The van der Waals surface area contributed by atoms with Gasteiger partial charge in [-0.25, -0.2) is 5.43 Å². The van der Waals surface area contributed by atoms with Crippen molar-refractivity contribution in [2.24, 2.45) is 5.84 Å². The second kappa shape index (κ2) is 5.54. The molecule has 0 spiro atoms. The SMILES string of the molecule is COc1ccc(C(NN)c2cccc3ccsc23)nn1. The molecule has 6 heteroatoms. The minimum atomic E-state index is -0.198. The van der Waals surface area contributed by atoms with Gasteiger partial charge in [0.1, 0.15) is 0 Å². The van der Waals surface area contributed by atoms with E-state index in [1.807, 2.05) is 12.1 Å². The van der Waals surface area contributed by atoms with Crippen molar-refractivity contribution in [2.45, 2.75) is 6.04 Å². The maximum atomic E-state index is 5.72. The maximum Gasteiger partial charge on any atom is 0.233 e. The second-order valence-corrected chi connectivity index (χ2v) is 5.20. The Morgan fingerprint density at radius 1 is 1.20 bits per heavy atom. The summed E-state index contributed by atoms with van der Waals surface area (Å²) in [4.78, 5) is 0. The normalized spacial score (nSPS) is 12.5. The van der Waals surface area contributed by atoms with Gasteiger partial charge in [0.2, 0.25) is 5.88 Å². The molecule has 1 atom stereocenters. The Labute approximate surface area is 120 Å². The second-order valence-electron chi connectivity index (χ2n) is 4.29. The molecule has 3 N–H and O–H groups in total. The van der Waals surface area contributed by atoms with Gasteiger partial charge in [-0.1, -0.05) is 18.2 Å². The zero-order chi connectivity index (χ0) is 13.9. The van der Waals surface area contributed by atoms with Crippen LogP contribution in [0.15, 0.2) is 41.8 Å². The van der Waals surface area contributed by atoms with Crippen molar-refractivity contribution >= 4 is 21.4 Å². The number of nitrogens with two attached hydrogens (primary N) is 1. The standard InChI is InChI=1S/C14H14N4OS/c1-19-12-6-5-11(17-18-12)13(16-15)10-4-2-3-9-7-8-20-14(9)10/h2-8,13,16H,15H2,1H3. The Kier molecular flexibility index (Phi) is 3.60. The Bertz CT molecular complexity index is 711. The fourth-order valence-corrected chi connectivity index (χ4v) is 3.12. The average Bonchev–Trinajstić information content (AvgIpc) is 2.98. The number of benzene rings is 1. The summed E-state index contributed by atoms with van der Waals surface area (Å²) in [5, 5.41) is 11.4. The molecule has 0 aliphatic heterocycles. The van der Waals surface area contributed by atoms with Gasteiger partial charge in [0.15, 0.2) is 0 Å². The van der Waals surface area contributed by atoms with Gasteiger partial charge in [-0.3, -0.25) is 5.84 Å². The molecule has 0 bridgehead atoms. The van der Waals surface area contributed by atoms with Crippen LogP contribution in [0.1, 0.15) is 17.3 Å². The van der Waals surface area contributed by atoms with E-state index in [-0.39, 0.29) is 6.04 Å². The molecule has 3 aromatic rings. The number of hydrazine groups is 1. The third-order valence-electron chi connectivity index (χ3n) is 3.15. The van der Waals surface area contributed by atoms with Gasteiger partial charge >= 0.3 is 0 Å². The van der Waals surface area contributed by atoms with Crippen LogP contribution in [-0.2, 0) is 0 Å². The molecule has 0 saturated carbocycles. The fraction of sp³-hybridized carbons (Fsp3) is 0.143. The lowest BCUT2D eigenvalue weighted by atomic mass is 10.0. The largest absolute Gasteiger partial charge is 0.480 e. The van der Waals surface area contributed by atoms with Crippen LogP contribution in [0, 0.1) is 0 Å². The molecule has 0 aliphatic rings. The van der Waals surface area contributed by atoms with Gasteiger partial charge in [-0.05, 0) is 28.5 Å². The summed E-state index contributed by atoms with van der Waals surface area (Å²) in [6, 6.07) is 11.7. The number of thiophene rings is 1. The lowest BCUT2D eigenvalue weighted by Crippen LogP contribution is -2.29. The Balaban J connectivity index is 2.06. The molecule has 3 rings (SSSR count). The summed E-state index contributed by atoms with van der Waals surface area (Å²) >= 11 is 1.69. The van der Waals surface area contributed by atoms with E-state index in [2.05, 4.69) is 39.2 Å². The van der Waals surface area contributed by atoms with Crippen LogP contribution >= 0.6 is 11.3 Å². The van der Waals surface area contributed by atoms with E-state index < -0.39 is 0 Å². The smallest absolute Gasteiger partial charge is 0.233 e. The van der Waals surface area contributed by atoms with Crippen LogP contribution in [0.5, 0.6) is 5.88 Å². The average molecular weight is 286 g/mol. The monoisotopic (exact) mass is 286 g/mol. The summed E-state index contributed by atoms with van der Waals surface area (Å²) in [6.45, 7) is 0. The van der Waals surface area contributed by atoms with Crippen LogP contribution in [-0.4, -0.2) is 17.3 Å². The maximum absolute atomic E-state index is 5.72. The number of aromatic nitrogens is 2. The highest BCUT2D eigenvalue weighted by Gasteiger charge is 2.17. The van der Waals surface area contributed by atoms with E-state index in [0.29, 0.717) is 5.88 Å². The summed E-state index contributed by atoms with van der Waals surface area (Å²) in [7, 11) is 1.56. The predicted octanol–water partition coefficient (Wildman–Crippen LogP) is 2.25. The van der Waals surface area contributed by atoms with Crippen molar-refractivity contribution in [2.75, 3.05) is 7.11 Å². The number of rotatable bonds is 4. The van der Waals surface area contributed by atoms with Crippen molar-refractivity contribution < 1.29 is 4.74 Å². The fourth-order valence-electron chi connectivity index (χ4n) is 2.17. The van der Waals surface area contributed by atoms with E-state index >= 15 is 0 Å². The van der Waals surface area contributed by atoms with E-state index in [1.165, 1.54) is 10.1 Å². The molecule has 1 aromatic carbocycles. The van der Waals surface area contributed by atoms with Gasteiger partial charge in [-0.2, -0.15) is 0 Å². The summed E-state index contributed by atoms with van der Waals surface area (Å²) < 4.78 is 6.22. The number of ether oxygens (including phenoxy) is 1. The van der Waals surface area contributed by atoms with Gasteiger partial charge in [-0.15, -0.1) is 21.5 Å². The van der Waals surface area contributed by atoms with Gasteiger partial charge in [0.05, 0.1) is 18.8 Å². The molecule has 2 aromatic heterocycles. The quantitative estimate of drug-likeness (QED) is 0.568. The van der Waals surface area contributed by atoms with E-state index in [9.17, 15) is 0 Å². The first kappa shape index (κ1) is 13.0. The van der Waals surface area contributed by atoms with E-state index in [1.54, 1.807) is 24.5 Å². The topological polar surface area (TPSA) is 73.1 Å². The highest BCUT2D eigenvalue weighted by Crippen LogP contribution is 2.31. The zero-order valence-electron chi connectivity index (χ0n) is 10.9. The van der Waals surface area contributed by atoms with Crippen LogP contribution in [0.25, 0.3) is 10.1 Å². The highest BCUT2D eigenvalue weighted by atomic mass is 32.1. The van der Waals surface area contributed by atoms with Crippen LogP contribution in [0.4, 0.5) is 0 Å². The van der Waals surface area contributed by atoms with Crippen molar-refractivity contribution in [3.05, 3.63) is 53.0 Å². The molecule has 0 saturated heterocycles. The van der Waals surface area contributed by atoms with Crippen molar-refractivity contribution in [1.29, 1.82) is 0 Å². The van der Waals surface area contributed by atoms with Gasteiger partial charge in [0, 0.05) is 10.8 Å². The third-order valence-corrected chi connectivity index (χ3v) is 4.13. The first-order chi connectivity index (χ1) is 9.83. The molecule has 2 heterocycles. The molecule has 0 fully saturated rings. The zero-order valence-corrected chi connectivity index (χ0v) is 11.7. The van der Waals surface area contributed by atoms with Crippen molar-refractivity contribution in [3.63, 3.8) is 0 Å². The first-order valence-electron chi connectivity index (χ1n) is 6.13. The molecule has 102 valence electrons. The summed E-state index contributed by atoms with van der Waals surface area (Å²) in [6.07, 6.45) is 0. The van der Waals surface area contributed by atoms with E-state index in [0.717, 1.165) is 11.3 Å². The molecular formula is C14H14N4OS. The molecule has 5 nitrogen and oxygen atoms in total. The molecular weight excluding hydrogens is 272 g/mol. The highest BCUT2D eigenvalue weighted by molar-refractivity contribution is 7.17. The number of methoxy groups -OCH3 is 1. The number of hydrogen-bond acceptors (Lipinski definition) is 6. The first-order valence-corrected chi connectivity index (χ1v) is 7.01. The third kappa shape index (κ3) is 2.24. The molecule has 20 heavy (non-hydrogen) atoms. The number of hydrogen-bond donors (Lipinski definition) is 2. The number of nitrogens with zero attached hydrogens (tertiary/aromatic N) is 2. The minimum absolute atomic E-state index is 0.198. The lowest BCUT2D eigenvalue weighted by Gasteiger charge is -2.16. The lowest BCUT2D eigenvalue weighted by molar-refractivity contribution is 0.390. The Morgan fingerprint density at radius 3 is 2.80 bits per heavy atom. The minimum Gasteiger partial charge on any atom is -0.480 e. The Hall–Kier alpha value is -2.02. The molecule has 1 unspecified atom stereocenters. The van der Waals surface area contributed by atoms with Crippen LogP contribution in [0.2, 0.25) is 0 Å². The van der Waals surface area contributed by atoms with Crippen LogP contribution in [0.3, 0.4) is 0 Å². The Morgan fingerprint density at radius 2 is 2.10 bits per heavy atom. The molecule has 0 amide bonds. The van der Waals surface area contributed by atoms with Gasteiger partial charge < -0.3 is 4.74 Å². The molecule has 0 radical (unpaired) electrons. The molecule has 0 aliphatic carbocycles. The summed E-state index contributed by atoms with van der Waals surface area (Å²) in [5.74, 6) is 6.21. The van der Waals surface area contributed by atoms with E-state index in [4.69, 9.17) is 10.6 Å².